The third-order valence-electron chi connectivity index (χ3n) is 4.79. The van der Waals surface area contributed by atoms with Crippen LogP contribution in [0.2, 0.25) is 0 Å². The Morgan fingerprint density at radius 1 is 0.893 bits per heavy atom. The fourth-order valence-corrected chi connectivity index (χ4v) is 3.17. The van der Waals surface area contributed by atoms with E-state index in [4.69, 9.17) is 0 Å². The van der Waals surface area contributed by atoms with Gasteiger partial charge < -0.3 is 0 Å². The van der Waals surface area contributed by atoms with Crippen molar-refractivity contribution < 1.29 is 4.39 Å². The Morgan fingerprint density at radius 2 is 1.64 bits per heavy atom. The standard InChI is InChI=1S/C27H25F/c1-3-5-7-9-21-10-12-22(13-11-21)14-16-24-17-18-25-20-23(8-6-4-2)15-19-26(25)27(24)28/h3-5,10-13,15,17-20H,2,6-9H2,1H3/b5-3+. The molecule has 0 aromatic heterocycles. The summed E-state index contributed by atoms with van der Waals surface area (Å²) in [5, 5.41) is 1.53. The molecule has 0 saturated heterocycles. The van der Waals surface area contributed by atoms with E-state index >= 15 is 0 Å². The minimum atomic E-state index is -0.247. The largest absolute Gasteiger partial charge is 0.205 e. The van der Waals surface area contributed by atoms with Crippen molar-refractivity contribution in [2.24, 2.45) is 0 Å². The minimum Gasteiger partial charge on any atom is -0.205 e. The molecule has 0 aliphatic heterocycles. The number of hydrogen-bond donors (Lipinski definition) is 0. The highest BCUT2D eigenvalue weighted by Gasteiger charge is 2.06. The van der Waals surface area contributed by atoms with Crippen LogP contribution in [0, 0.1) is 17.7 Å². The Bertz CT molecular complexity index is 1040. The zero-order valence-electron chi connectivity index (χ0n) is 16.3. The molecule has 0 nitrogen and oxygen atoms in total. The number of benzene rings is 3. The van der Waals surface area contributed by atoms with E-state index in [1.807, 2.05) is 49.4 Å². The summed E-state index contributed by atoms with van der Waals surface area (Å²) in [7, 11) is 0. The quantitative estimate of drug-likeness (QED) is 0.324. The molecule has 0 saturated carbocycles. The van der Waals surface area contributed by atoms with Crippen molar-refractivity contribution in [3.63, 3.8) is 0 Å². The van der Waals surface area contributed by atoms with Crippen LogP contribution in [0.25, 0.3) is 10.8 Å². The van der Waals surface area contributed by atoms with Crippen LogP contribution in [0.5, 0.6) is 0 Å². The first kappa shape index (κ1) is 19.6. The number of rotatable bonds is 6. The molecule has 28 heavy (non-hydrogen) atoms. The number of halogens is 1. The van der Waals surface area contributed by atoms with Gasteiger partial charge in [-0.1, -0.05) is 66.5 Å². The summed E-state index contributed by atoms with van der Waals surface area (Å²) in [6.07, 6.45) is 10.0. The zero-order chi connectivity index (χ0) is 19.8. The maximum atomic E-state index is 14.9. The van der Waals surface area contributed by atoms with Gasteiger partial charge in [-0.05, 0) is 67.3 Å². The highest BCUT2D eigenvalue weighted by molar-refractivity contribution is 5.85. The average molecular weight is 368 g/mol. The average Bonchev–Trinajstić information content (AvgIpc) is 2.73. The van der Waals surface area contributed by atoms with Crippen LogP contribution in [0.4, 0.5) is 4.39 Å². The highest BCUT2D eigenvalue weighted by Crippen LogP contribution is 2.23. The van der Waals surface area contributed by atoms with Crippen molar-refractivity contribution in [3.05, 3.63) is 107 Å². The van der Waals surface area contributed by atoms with E-state index in [1.54, 1.807) is 6.07 Å². The van der Waals surface area contributed by atoms with Gasteiger partial charge in [0.1, 0.15) is 5.82 Å². The smallest absolute Gasteiger partial charge is 0.146 e. The Hall–Kier alpha value is -3.11. The molecular weight excluding hydrogens is 343 g/mol. The fourth-order valence-electron chi connectivity index (χ4n) is 3.17. The number of allylic oxidation sites excluding steroid dienone is 3. The molecule has 0 spiro atoms. The summed E-state index contributed by atoms with van der Waals surface area (Å²) >= 11 is 0. The third kappa shape index (κ3) is 4.99. The molecule has 1 heteroatoms. The van der Waals surface area contributed by atoms with E-state index < -0.39 is 0 Å². The molecule has 3 aromatic carbocycles. The highest BCUT2D eigenvalue weighted by atomic mass is 19.1. The van der Waals surface area contributed by atoms with Gasteiger partial charge in [-0.2, -0.15) is 0 Å². The van der Waals surface area contributed by atoms with E-state index in [0.29, 0.717) is 10.9 Å². The molecule has 0 aliphatic carbocycles. The Morgan fingerprint density at radius 3 is 2.39 bits per heavy atom. The molecule has 0 radical (unpaired) electrons. The summed E-state index contributed by atoms with van der Waals surface area (Å²) < 4.78 is 14.9. The first-order valence-corrected chi connectivity index (χ1v) is 9.75. The predicted octanol–water partition coefficient (Wildman–Crippen LogP) is 7.01. The monoisotopic (exact) mass is 368 g/mol. The molecule has 0 bridgehead atoms. The summed E-state index contributed by atoms with van der Waals surface area (Å²) in [6, 6.07) is 17.8. The first-order valence-electron chi connectivity index (χ1n) is 9.75. The van der Waals surface area contributed by atoms with E-state index in [9.17, 15) is 4.39 Å². The first-order chi connectivity index (χ1) is 13.7. The maximum absolute atomic E-state index is 14.9. The summed E-state index contributed by atoms with van der Waals surface area (Å²) in [5.41, 5.74) is 3.81. The second-order valence-corrected chi connectivity index (χ2v) is 6.86. The van der Waals surface area contributed by atoms with Gasteiger partial charge in [-0.15, -0.1) is 6.58 Å². The molecule has 3 aromatic rings. The molecule has 3 rings (SSSR count). The SMILES string of the molecule is C=CCCc1ccc2c(F)c(C#Cc3ccc(CC/C=C/C)cc3)ccc2c1. The topological polar surface area (TPSA) is 0 Å². The minimum absolute atomic E-state index is 0.247. The summed E-state index contributed by atoms with van der Waals surface area (Å²) in [5.74, 6) is 5.83. The second kappa shape index (κ2) is 9.72. The molecule has 0 atom stereocenters. The Balaban J connectivity index is 1.79. The number of fused-ring (bicyclic) bond motifs is 1. The lowest BCUT2D eigenvalue weighted by Crippen LogP contribution is -1.89. The Labute approximate surface area is 167 Å². The van der Waals surface area contributed by atoms with Crippen molar-refractivity contribution in [2.75, 3.05) is 0 Å². The van der Waals surface area contributed by atoms with Gasteiger partial charge in [0.25, 0.3) is 0 Å². The molecule has 0 fully saturated rings. The van der Waals surface area contributed by atoms with Crippen LogP contribution in [0.15, 0.2) is 79.4 Å². The van der Waals surface area contributed by atoms with E-state index in [2.05, 4.69) is 42.7 Å². The van der Waals surface area contributed by atoms with Crippen molar-refractivity contribution >= 4 is 10.8 Å². The van der Waals surface area contributed by atoms with Gasteiger partial charge in [0.2, 0.25) is 0 Å². The van der Waals surface area contributed by atoms with Crippen molar-refractivity contribution in [2.45, 2.75) is 32.6 Å². The van der Waals surface area contributed by atoms with Crippen LogP contribution in [-0.4, -0.2) is 0 Å². The molecular formula is C27H25F. The van der Waals surface area contributed by atoms with Crippen LogP contribution >= 0.6 is 0 Å². The van der Waals surface area contributed by atoms with Gasteiger partial charge in [-0.25, -0.2) is 4.39 Å². The van der Waals surface area contributed by atoms with Crippen molar-refractivity contribution in [3.8, 4) is 11.8 Å². The van der Waals surface area contributed by atoms with Gasteiger partial charge in [0.15, 0.2) is 0 Å². The van der Waals surface area contributed by atoms with Crippen molar-refractivity contribution in [1.82, 2.24) is 0 Å². The molecule has 0 heterocycles. The van der Waals surface area contributed by atoms with Crippen LogP contribution < -0.4 is 0 Å². The molecule has 0 aliphatic rings. The molecule has 140 valence electrons. The lowest BCUT2D eigenvalue weighted by atomic mass is 10.0. The molecule has 0 unspecified atom stereocenters. The fraction of sp³-hybridized carbons (Fsp3) is 0.185. The van der Waals surface area contributed by atoms with E-state index in [0.717, 1.165) is 36.6 Å². The van der Waals surface area contributed by atoms with Gasteiger partial charge in [-0.3, -0.25) is 0 Å². The Kier molecular flexibility index (Phi) is 6.82. The zero-order valence-corrected chi connectivity index (χ0v) is 16.3. The van der Waals surface area contributed by atoms with E-state index in [1.165, 1.54) is 11.1 Å². The van der Waals surface area contributed by atoms with Gasteiger partial charge >= 0.3 is 0 Å². The predicted molar refractivity (Wildman–Crippen MR) is 118 cm³/mol. The van der Waals surface area contributed by atoms with Crippen LogP contribution in [0.1, 0.15) is 42.0 Å². The summed E-state index contributed by atoms with van der Waals surface area (Å²) in [6.45, 7) is 5.79. The van der Waals surface area contributed by atoms with Crippen molar-refractivity contribution in [1.29, 1.82) is 0 Å². The van der Waals surface area contributed by atoms with E-state index in [-0.39, 0.29) is 5.82 Å². The normalized spacial score (nSPS) is 10.8. The number of aryl methyl sites for hydroxylation is 2. The number of hydrogen-bond acceptors (Lipinski definition) is 0. The van der Waals surface area contributed by atoms with Gasteiger partial charge in [0, 0.05) is 10.9 Å². The third-order valence-corrected chi connectivity index (χ3v) is 4.79. The maximum Gasteiger partial charge on any atom is 0.146 e. The van der Waals surface area contributed by atoms with Crippen LogP contribution in [0.3, 0.4) is 0 Å². The molecule has 0 amide bonds. The van der Waals surface area contributed by atoms with Gasteiger partial charge in [0.05, 0.1) is 5.56 Å². The second-order valence-electron chi connectivity index (χ2n) is 6.86. The summed E-state index contributed by atoms with van der Waals surface area (Å²) in [4.78, 5) is 0. The van der Waals surface area contributed by atoms with Crippen LogP contribution in [-0.2, 0) is 12.8 Å². The lowest BCUT2D eigenvalue weighted by molar-refractivity contribution is 0.636. The lowest BCUT2D eigenvalue weighted by Gasteiger charge is -2.05. The molecule has 0 N–H and O–H groups in total.